The number of nitrogens with one attached hydrogen (secondary N) is 1. The monoisotopic (exact) mass is 337 g/mol. The zero-order valence-corrected chi connectivity index (χ0v) is 14.9. The van der Waals surface area contributed by atoms with Crippen molar-refractivity contribution in [1.82, 2.24) is 19.2 Å². The van der Waals surface area contributed by atoms with E-state index in [4.69, 9.17) is 0 Å². The number of hydrogen-bond donors (Lipinski definition) is 1. The number of nitrogens with zero attached hydrogens (tertiary/aromatic N) is 4. The van der Waals surface area contributed by atoms with Crippen LogP contribution in [-0.4, -0.2) is 25.1 Å². The number of rotatable bonds is 5. The van der Waals surface area contributed by atoms with Crippen molar-refractivity contribution in [2.24, 2.45) is 5.92 Å². The second kappa shape index (κ2) is 6.02. The third kappa shape index (κ3) is 2.92. The predicted molar refractivity (Wildman–Crippen MR) is 96.7 cm³/mol. The van der Waals surface area contributed by atoms with Gasteiger partial charge < -0.3 is 9.72 Å². The molecule has 1 unspecified atom stereocenters. The average molecular weight is 337 g/mol. The van der Waals surface area contributed by atoms with E-state index >= 15 is 0 Å². The first-order valence-electron chi connectivity index (χ1n) is 8.81. The Balaban J connectivity index is 1.56. The van der Waals surface area contributed by atoms with Crippen LogP contribution in [0, 0.1) is 19.8 Å². The second-order valence-electron chi connectivity index (χ2n) is 7.00. The number of pyridine rings is 1. The number of hydrogen-bond acceptors (Lipinski definition) is 3. The van der Waals surface area contributed by atoms with Gasteiger partial charge in [-0.05, 0) is 51.7 Å². The van der Waals surface area contributed by atoms with Crippen molar-refractivity contribution in [1.29, 1.82) is 0 Å². The molecule has 6 nitrogen and oxygen atoms in total. The lowest BCUT2D eigenvalue weighted by Crippen LogP contribution is -2.21. The van der Waals surface area contributed by atoms with E-state index in [1.54, 1.807) is 0 Å². The lowest BCUT2D eigenvalue weighted by atomic mass is 10.2. The first kappa shape index (κ1) is 15.9. The summed E-state index contributed by atoms with van der Waals surface area (Å²) in [6.07, 6.45) is 6.55. The van der Waals surface area contributed by atoms with Crippen LogP contribution in [-0.2, 0) is 11.2 Å². The maximum Gasteiger partial charge on any atom is 0.231 e. The van der Waals surface area contributed by atoms with Gasteiger partial charge >= 0.3 is 0 Å². The minimum atomic E-state index is -0.0402. The molecule has 6 heteroatoms. The lowest BCUT2D eigenvalue weighted by molar-refractivity contribution is -0.115. The van der Waals surface area contributed by atoms with E-state index in [9.17, 15) is 4.79 Å². The summed E-state index contributed by atoms with van der Waals surface area (Å²) in [7, 11) is 0. The molecule has 0 spiro atoms. The van der Waals surface area contributed by atoms with Gasteiger partial charge in [-0.3, -0.25) is 4.79 Å². The Morgan fingerprint density at radius 3 is 2.92 bits per heavy atom. The van der Waals surface area contributed by atoms with E-state index in [0.29, 0.717) is 18.4 Å². The quantitative estimate of drug-likeness (QED) is 0.777. The Morgan fingerprint density at radius 2 is 2.16 bits per heavy atom. The van der Waals surface area contributed by atoms with Gasteiger partial charge in [0.1, 0.15) is 11.5 Å². The van der Waals surface area contributed by atoms with Crippen LogP contribution in [0.2, 0.25) is 0 Å². The van der Waals surface area contributed by atoms with E-state index in [0.717, 1.165) is 28.4 Å². The molecule has 0 saturated heterocycles. The highest BCUT2D eigenvalue weighted by Gasteiger charge is 2.31. The summed E-state index contributed by atoms with van der Waals surface area (Å²) in [4.78, 5) is 17.2. The smallest absolute Gasteiger partial charge is 0.231 e. The van der Waals surface area contributed by atoms with Crippen LogP contribution in [0.4, 0.5) is 5.82 Å². The van der Waals surface area contributed by atoms with Crippen LogP contribution in [0.3, 0.4) is 0 Å². The van der Waals surface area contributed by atoms with Gasteiger partial charge in [-0.2, -0.15) is 5.10 Å². The number of aromatic nitrogens is 4. The number of amides is 1. The van der Waals surface area contributed by atoms with Gasteiger partial charge in [0.15, 0.2) is 0 Å². The van der Waals surface area contributed by atoms with Gasteiger partial charge in [-0.25, -0.2) is 9.67 Å². The number of aryl methyl sites for hydroxylation is 2. The fourth-order valence-electron chi connectivity index (χ4n) is 3.40. The molecular weight excluding hydrogens is 314 g/mol. The van der Waals surface area contributed by atoms with Crippen LogP contribution in [0.15, 0.2) is 30.6 Å². The molecule has 1 aliphatic carbocycles. The highest BCUT2D eigenvalue weighted by Crippen LogP contribution is 2.40. The number of imidazole rings is 1. The summed E-state index contributed by atoms with van der Waals surface area (Å²) in [5.74, 6) is 1.45. The van der Waals surface area contributed by atoms with Crippen molar-refractivity contribution >= 4 is 17.4 Å². The molecule has 1 atom stereocenters. The zero-order chi connectivity index (χ0) is 17.6. The molecule has 1 fully saturated rings. The summed E-state index contributed by atoms with van der Waals surface area (Å²) in [5, 5.41) is 7.55. The molecule has 1 amide bonds. The maximum absolute atomic E-state index is 12.7. The summed E-state index contributed by atoms with van der Waals surface area (Å²) >= 11 is 0. The number of carbonyl (C=O) groups is 1. The summed E-state index contributed by atoms with van der Waals surface area (Å²) in [6, 6.07) is 6.17. The molecule has 0 bridgehead atoms. The average Bonchev–Trinajstić information content (AvgIpc) is 3.32. The normalized spacial score (nSPS) is 15.5. The first-order chi connectivity index (χ1) is 12.0. The Hall–Kier alpha value is -2.63. The van der Waals surface area contributed by atoms with Gasteiger partial charge in [-0.15, -0.1) is 0 Å². The maximum atomic E-state index is 12.7. The highest BCUT2D eigenvalue weighted by atomic mass is 16.1. The molecule has 1 saturated carbocycles. The minimum Gasteiger partial charge on any atom is -0.310 e. The van der Waals surface area contributed by atoms with Gasteiger partial charge in [0, 0.05) is 11.8 Å². The minimum absolute atomic E-state index is 0.0402. The van der Waals surface area contributed by atoms with Crippen LogP contribution in [0.5, 0.6) is 0 Å². The van der Waals surface area contributed by atoms with Gasteiger partial charge in [0.25, 0.3) is 0 Å². The Morgan fingerprint density at radius 1 is 1.36 bits per heavy atom. The van der Waals surface area contributed by atoms with Crippen molar-refractivity contribution in [3.63, 3.8) is 0 Å². The largest absolute Gasteiger partial charge is 0.310 e. The van der Waals surface area contributed by atoms with Crippen molar-refractivity contribution in [2.75, 3.05) is 5.32 Å². The van der Waals surface area contributed by atoms with E-state index in [-0.39, 0.29) is 5.91 Å². The van der Waals surface area contributed by atoms with Crippen LogP contribution < -0.4 is 5.32 Å². The first-order valence-corrected chi connectivity index (χ1v) is 8.81. The zero-order valence-electron chi connectivity index (χ0n) is 14.9. The standard InChI is InChI=1S/C19H23N5O/c1-12-11-20-24(14(3)15-7-8-15)19(12)22-18(25)10-16-13(2)21-17-6-4-5-9-23(16)17/h4-6,9,11,14-15H,7-8,10H2,1-3H3,(H,22,25). The Labute approximate surface area is 146 Å². The third-order valence-electron chi connectivity index (χ3n) is 5.08. The Bertz CT molecular complexity index is 935. The molecule has 130 valence electrons. The molecule has 4 rings (SSSR count). The van der Waals surface area contributed by atoms with Crippen LogP contribution in [0.25, 0.3) is 5.65 Å². The molecule has 0 radical (unpaired) electrons. The van der Waals surface area contributed by atoms with Gasteiger partial charge in [0.2, 0.25) is 5.91 Å². The molecule has 3 aromatic rings. The predicted octanol–water partition coefficient (Wildman–Crippen LogP) is 3.30. The number of anilines is 1. The summed E-state index contributed by atoms with van der Waals surface area (Å²) in [6.45, 7) is 6.10. The highest BCUT2D eigenvalue weighted by molar-refractivity contribution is 5.92. The van der Waals surface area contributed by atoms with Crippen molar-refractivity contribution in [3.8, 4) is 0 Å². The van der Waals surface area contributed by atoms with Crippen molar-refractivity contribution in [2.45, 2.75) is 46.1 Å². The summed E-state index contributed by atoms with van der Waals surface area (Å²) in [5.41, 5.74) is 3.67. The number of carbonyl (C=O) groups excluding carboxylic acids is 1. The van der Waals surface area contributed by atoms with E-state index in [1.165, 1.54) is 12.8 Å². The van der Waals surface area contributed by atoms with Crippen LogP contribution in [0.1, 0.15) is 42.8 Å². The SMILES string of the molecule is Cc1cnn(C(C)C2CC2)c1NC(=O)Cc1c(C)nc2ccccn12. The van der Waals surface area contributed by atoms with Crippen molar-refractivity contribution in [3.05, 3.63) is 47.5 Å². The number of fused-ring (bicyclic) bond motifs is 1. The molecular formula is C19H23N5O. The molecule has 1 N–H and O–H groups in total. The van der Waals surface area contributed by atoms with E-state index < -0.39 is 0 Å². The molecule has 25 heavy (non-hydrogen) atoms. The van der Waals surface area contributed by atoms with Crippen molar-refractivity contribution < 1.29 is 4.79 Å². The third-order valence-corrected chi connectivity index (χ3v) is 5.08. The summed E-state index contributed by atoms with van der Waals surface area (Å²) < 4.78 is 3.94. The Kier molecular flexibility index (Phi) is 3.82. The van der Waals surface area contributed by atoms with Crippen LogP contribution >= 0.6 is 0 Å². The van der Waals surface area contributed by atoms with E-state index in [1.807, 2.05) is 53.5 Å². The van der Waals surface area contributed by atoms with Gasteiger partial charge in [0.05, 0.1) is 30.0 Å². The molecule has 3 heterocycles. The second-order valence-corrected chi connectivity index (χ2v) is 7.00. The van der Waals surface area contributed by atoms with E-state index in [2.05, 4.69) is 22.3 Å². The van der Waals surface area contributed by atoms with Gasteiger partial charge in [-0.1, -0.05) is 6.07 Å². The fourth-order valence-corrected chi connectivity index (χ4v) is 3.40. The molecule has 0 aromatic carbocycles. The lowest BCUT2D eigenvalue weighted by Gasteiger charge is -2.16. The molecule has 3 aromatic heterocycles. The molecule has 1 aliphatic rings. The molecule has 0 aliphatic heterocycles. The fraction of sp³-hybridized carbons (Fsp3) is 0.421. The topological polar surface area (TPSA) is 64.2 Å².